The van der Waals surface area contributed by atoms with Crippen molar-refractivity contribution < 1.29 is 0 Å². The summed E-state index contributed by atoms with van der Waals surface area (Å²) < 4.78 is 0. The Labute approximate surface area is 65.2 Å². The number of nitrogens with one attached hydrogen (secondary N) is 1. The van der Waals surface area contributed by atoms with E-state index < -0.39 is 0 Å². The molecule has 3 nitrogen and oxygen atoms in total. The summed E-state index contributed by atoms with van der Waals surface area (Å²) in [7, 11) is 0. The Balaban J connectivity index is 2.42. The number of hydrogen-bond donors (Lipinski definition) is 1. The van der Waals surface area contributed by atoms with E-state index in [2.05, 4.69) is 15.3 Å². The molecule has 11 heavy (non-hydrogen) atoms. The highest BCUT2D eigenvalue weighted by atomic mass is 15.1. The zero-order valence-corrected chi connectivity index (χ0v) is 6.33. The van der Waals surface area contributed by atoms with Gasteiger partial charge in [-0.2, -0.15) is 0 Å². The lowest BCUT2D eigenvalue weighted by atomic mass is 10.2. The predicted octanol–water partition coefficient (Wildman–Crippen LogP) is 1.43. The topological polar surface area (TPSA) is 37.3 Å². The first-order chi connectivity index (χ1) is 5.36. The Morgan fingerprint density at radius 2 is 2.45 bits per heavy atom. The third-order valence-electron chi connectivity index (χ3n) is 1.68. The first-order valence-electron chi connectivity index (χ1n) is 3.58. The summed E-state index contributed by atoms with van der Waals surface area (Å²) in [5, 5.41) is 3.10. The molecule has 0 unspecified atom stereocenters. The number of aliphatic imine (C=N–C) groups is 1. The molecule has 1 aliphatic rings. The van der Waals surface area contributed by atoms with E-state index in [0.29, 0.717) is 0 Å². The fourth-order valence-corrected chi connectivity index (χ4v) is 1.09. The smallest absolute Gasteiger partial charge is 0.136 e. The van der Waals surface area contributed by atoms with E-state index in [1.54, 1.807) is 6.20 Å². The number of nitrogens with zero attached hydrogens (tertiary/aromatic N) is 2. The number of rotatable bonds is 0. The molecule has 1 aliphatic heterocycles. The molecule has 2 rings (SSSR count). The predicted molar refractivity (Wildman–Crippen MR) is 44.7 cm³/mol. The van der Waals surface area contributed by atoms with Crippen LogP contribution in [-0.4, -0.2) is 10.8 Å². The molecule has 0 saturated carbocycles. The Hall–Kier alpha value is -1.38. The van der Waals surface area contributed by atoms with Gasteiger partial charge in [-0.15, -0.1) is 0 Å². The summed E-state index contributed by atoms with van der Waals surface area (Å²) in [4.78, 5) is 8.41. The maximum absolute atomic E-state index is 4.24. The molecule has 0 atom stereocenters. The molecule has 3 heteroatoms. The van der Waals surface area contributed by atoms with E-state index in [9.17, 15) is 0 Å². The largest absolute Gasteiger partial charge is 0.329 e. The van der Waals surface area contributed by atoms with Crippen LogP contribution >= 0.6 is 0 Å². The van der Waals surface area contributed by atoms with Crippen molar-refractivity contribution in [3.63, 3.8) is 0 Å². The van der Waals surface area contributed by atoms with Crippen LogP contribution in [0, 0.1) is 0 Å². The molecule has 56 valence electrons. The normalized spacial score (nSPS) is 14.8. The quantitative estimate of drug-likeness (QED) is 0.602. The first-order valence-corrected chi connectivity index (χ1v) is 3.58. The van der Waals surface area contributed by atoms with E-state index in [-0.39, 0.29) is 0 Å². The van der Waals surface area contributed by atoms with Crippen LogP contribution in [0.4, 0.5) is 5.82 Å². The number of aromatic nitrogens is 1. The van der Waals surface area contributed by atoms with E-state index in [4.69, 9.17) is 0 Å². The highest BCUT2D eigenvalue weighted by molar-refractivity contribution is 5.94. The van der Waals surface area contributed by atoms with Crippen LogP contribution in [0.2, 0.25) is 0 Å². The highest BCUT2D eigenvalue weighted by Crippen LogP contribution is 2.15. The van der Waals surface area contributed by atoms with Crippen LogP contribution in [-0.2, 0) is 6.54 Å². The van der Waals surface area contributed by atoms with Crippen molar-refractivity contribution in [1.82, 2.24) is 4.98 Å². The van der Waals surface area contributed by atoms with Crippen molar-refractivity contribution in [2.75, 3.05) is 5.32 Å². The maximum atomic E-state index is 4.24. The fraction of sp³-hybridized carbons (Fsp3) is 0.250. The van der Waals surface area contributed by atoms with Gasteiger partial charge in [-0.25, -0.2) is 4.98 Å². The van der Waals surface area contributed by atoms with E-state index >= 15 is 0 Å². The van der Waals surface area contributed by atoms with Gasteiger partial charge in [0.25, 0.3) is 0 Å². The van der Waals surface area contributed by atoms with Crippen molar-refractivity contribution in [3.05, 3.63) is 23.9 Å². The monoisotopic (exact) mass is 147 g/mol. The lowest BCUT2D eigenvalue weighted by molar-refractivity contribution is 1.02. The van der Waals surface area contributed by atoms with Crippen LogP contribution in [0.15, 0.2) is 23.3 Å². The maximum Gasteiger partial charge on any atom is 0.136 e. The molecule has 1 aromatic heterocycles. The molecule has 0 amide bonds. The minimum atomic E-state index is 0.752. The summed E-state index contributed by atoms with van der Waals surface area (Å²) in [6, 6.07) is 3.96. The van der Waals surface area contributed by atoms with E-state index in [0.717, 1.165) is 23.8 Å². The van der Waals surface area contributed by atoms with Gasteiger partial charge in [0.05, 0.1) is 12.4 Å². The summed E-state index contributed by atoms with van der Waals surface area (Å²) in [5.74, 6) is 1.89. The average molecular weight is 147 g/mol. The molecule has 0 saturated heterocycles. The van der Waals surface area contributed by atoms with Crippen molar-refractivity contribution in [2.45, 2.75) is 13.5 Å². The number of amidine groups is 1. The number of pyridine rings is 1. The molecule has 2 heterocycles. The van der Waals surface area contributed by atoms with E-state index in [1.165, 1.54) is 0 Å². The molecule has 0 fully saturated rings. The second kappa shape index (κ2) is 2.34. The van der Waals surface area contributed by atoms with Crippen molar-refractivity contribution in [3.8, 4) is 0 Å². The summed E-state index contributed by atoms with van der Waals surface area (Å²) in [6.07, 6.45) is 1.78. The van der Waals surface area contributed by atoms with Gasteiger partial charge < -0.3 is 5.32 Å². The molecular weight excluding hydrogens is 138 g/mol. The van der Waals surface area contributed by atoms with Gasteiger partial charge in [0.1, 0.15) is 5.82 Å². The minimum absolute atomic E-state index is 0.752. The SMILES string of the molecule is CC1=NCc2cccnc2N1. The van der Waals surface area contributed by atoms with Crippen LogP contribution in [0.1, 0.15) is 12.5 Å². The Morgan fingerprint density at radius 3 is 3.36 bits per heavy atom. The summed E-state index contributed by atoms with van der Waals surface area (Å²) in [5.41, 5.74) is 1.16. The van der Waals surface area contributed by atoms with Gasteiger partial charge in [-0.3, -0.25) is 4.99 Å². The Bertz CT molecular complexity index is 304. The van der Waals surface area contributed by atoms with Crippen LogP contribution in [0.3, 0.4) is 0 Å². The van der Waals surface area contributed by atoms with Crippen LogP contribution in [0.25, 0.3) is 0 Å². The summed E-state index contributed by atoms with van der Waals surface area (Å²) in [6.45, 7) is 2.69. The molecule has 0 aromatic carbocycles. The summed E-state index contributed by atoms with van der Waals surface area (Å²) >= 11 is 0. The number of anilines is 1. The van der Waals surface area contributed by atoms with E-state index in [1.807, 2.05) is 19.1 Å². The zero-order valence-electron chi connectivity index (χ0n) is 6.33. The average Bonchev–Trinajstić information content (AvgIpc) is 2.04. The van der Waals surface area contributed by atoms with Crippen LogP contribution in [0.5, 0.6) is 0 Å². The fourth-order valence-electron chi connectivity index (χ4n) is 1.09. The van der Waals surface area contributed by atoms with Gasteiger partial charge >= 0.3 is 0 Å². The van der Waals surface area contributed by atoms with Crippen LogP contribution < -0.4 is 5.32 Å². The molecule has 0 spiro atoms. The highest BCUT2D eigenvalue weighted by Gasteiger charge is 2.07. The van der Waals surface area contributed by atoms with Gasteiger partial charge in [-0.1, -0.05) is 6.07 Å². The molecule has 0 bridgehead atoms. The van der Waals surface area contributed by atoms with Crippen molar-refractivity contribution >= 4 is 11.7 Å². The van der Waals surface area contributed by atoms with Gasteiger partial charge in [0.15, 0.2) is 0 Å². The minimum Gasteiger partial charge on any atom is -0.329 e. The molecule has 1 N–H and O–H groups in total. The standard InChI is InChI=1S/C8H9N3/c1-6-10-5-7-3-2-4-9-8(7)11-6/h2-4H,5H2,1H3,(H,9,10,11). The van der Waals surface area contributed by atoms with Gasteiger partial charge in [-0.05, 0) is 13.0 Å². The molecule has 0 aliphatic carbocycles. The second-order valence-corrected chi connectivity index (χ2v) is 2.54. The first kappa shape index (κ1) is 6.34. The number of hydrogen-bond acceptors (Lipinski definition) is 3. The van der Waals surface area contributed by atoms with Gasteiger partial charge in [0, 0.05) is 11.8 Å². The van der Waals surface area contributed by atoms with Gasteiger partial charge in [0.2, 0.25) is 0 Å². The lowest BCUT2D eigenvalue weighted by Crippen LogP contribution is -2.15. The molecular formula is C8H9N3. The van der Waals surface area contributed by atoms with Crippen molar-refractivity contribution in [2.24, 2.45) is 4.99 Å². The Kier molecular flexibility index (Phi) is 1.35. The second-order valence-electron chi connectivity index (χ2n) is 2.54. The zero-order chi connectivity index (χ0) is 7.68. The molecule has 0 radical (unpaired) electrons. The third-order valence-corrected chi connectivity index (χ3v) is 1.68. The lowest BCUT2D eigenvalue weighted by Gasteiger charge is -2.13. The Morgan fingerprint density at radius 1 is 1.55 bits per heavy atom. The third kappa shape index (κ3) is 1.09. The van der Waals surface area contributed by atoms with Crippen molar-refractivity contribution in [1.29, 1.82) is 0 Å². The molecule has 1 aromatic rings. The number of fused-ring (bicyclic) bond motifs is 1.